The van der Waals surface area contributed by atoms with Crippen LogP contribution in [0.3, 0.4) is 0 Å². The number of carbonyl (C=O) groups is 1. The van der Waals surface area contributed by atoms with Crippen molar-refractivity contribution in [3.63, 3.8) is 0 Å². The van der Waals surface area contributed by atoms with Gasteiger partial charge in [0.15, 0.2) is 18.2 Å². The molecule has 0 aromatic carbocycles. The summed E-state index contributed by atoms with van der Waals surface area (Å²) in [5.41, 5.74) is 0.755. The Labute approximate surface area is 60.1 Å². The van der Waals surface area contributed by atoms with E-state index in [4.69, 9.17) is 0 Å². The number of pyridine rings is 1. The number of hydrogen-bond donors (Lipinski definition) is 0. The molecule has 0 amide bonds. The van der Waals surface area contributed by atoms with Gasteiger partial charge in [0.05, 0.1) is 5.56 Å². The summed E-state index contributed by atoms with van der Waals surface area (Å²) in [5, 5.41) is 0. The molecule has 1 heterocycles. The van der Waals surface area contributed by atoms with Crippen molar-refractivity contribution in [3.8, 4) is 0 Å². The van der Waals surface area contributed by atoms with Crippen LogP contribution in [-0.2, 0) is 7.05 Å². The van der Waals surface area contributed by atoms with E-state index in [1.54, 1.807) is 6.92 Å². The summed E-state index contributed by atoms with van der Waals surface area (Å²) in [7, 11) is 1.90. The summed E-state index contributed by atoms with van der Waals surface area (Å²) >= 11 is 0. The fraction of sp³-hybridized carbons (Fsp3) is 0.250. The molecular weight excluding hydrogens is 126 g/mol. The molecule has 0 saturated heterocycles. The van der Waals surface area contributed by atoms with Crippen molar-refractivity contribution in [2.75, 3.05) is 0 Å². The Hall–Kier alpha value is -1.18. The molecule has 0 bridgehead atoms. The first-order chi connectivity index (χ1) is 4.70. The smallest absolute Gasteiger partial charge is 0.179 e. The molecule has 0 aliphatic rings. The molecule has 1 rings (SSSR count). The fourth-order valence-corrected chi connectivity index (χ4v) is 0.796. The maximum Gasteiger partial charge on any atom is 0.179 e. The van der Waals surface area contributed by atoms with Crippen LogP contribution in [0.1, 0.15) is 17.3 Å². The molecule has 10 heavy (non-hydrogen) atoms. The second kappa shape index (κ2) is 2.60. The predicted octanol–water partition coefficient (Wildman–Crippen LogP) is 0.714. The van der Waals surface area contributed by atoms with Gasteiger partial charge in [-0.15, -0.1) is 0 Å². The second-order valence-corrected chi connectivity index (χ2v) is 2.31. The van der Waals surface area contributed by atoms with Gasteiger partial charge < -0.3 is 0 Å². The summed E-state index contributed by atoms with van der Waals surface area (Å²) in [6.07, 6.45) is 3.70. The molecule has 2 heteroatoms. The molecule has 0 aliphatic heterocycles. The molecule has 0 atom stereocenters. The lowest BCUT2D eigenvalue weighted by atomic mass is 10.2. The van der Waals surface area contributed by atoms with Gasteiger partial charge in [-0.3, -0.25) is 4.79 Å². The third-order valence-electron chi connectivity index (χ3n) is 1.35. The predicted molar refractivity (Wildman–Crippen MR) is 37.6 cm³/mol. The van der Waals surface area contributed by atoms with E-state index in [9.17, 15) is 4.79 Å². The van der Waals surface area contributed by atoms with Gasteiger partial charge in [-0.05, 0) is 13.0 Å². The van der Waals surface area contributed by atoms with Gasteiger partial charge in [0.25, 0.3) is 0 Å². The Morgan fingerprint density at radius 3 is 2.70 bits per heavy atom. The molecule has 0 spiro atoms. The normalized spacial score (nSPS) is 9.40. The van der Waals surface area contributed by atoms with E-state index in [1.165, 1.54) is 0 Å². The van der Waals surface area contributed by atoms with Crippen LogP contribution < -0.4 is 4.57 Å². The van der Waals surface area contributed by atoms with E-state index in [-0.39, 0.29) is 5.78 Å². The minimum absolute atomic E-state index is 0.108. The minimum Gasteiger partial charge on any atom is -0.294 e. The van der Waals surface area contributed by atoms with Gasteiger partial charge in [-0.2, -0.15) is 0 Å². The Bertz CT molecular complexity index is 255. The summed E-state index contributed by atoms with van der Waals surface area (Å²) in [6.45, 7) is 1.56. The summed E-state index contributed by atoms with van der Waals surface area (Å²) in [6, 6.07) is 3.67. The number of aromatic nitrogens is 1. The average molecular weight is 136 g/mol. The highest BCUT2D eigenvalue weighted by Gasteiger charge is 2.01. The van der Waals surface area contributed by atoms with E-state index in [2.05, 4.69) is 0 Å². The van der Waals surface area contributed by atoms with Gasteiger partial charge in [0, 0.05) is 6.07 Å². The van der Waals surface area contributed by atoms with Gasteiger partial charge in [-0.1, -0.05) is 0 Å². The van der Waals surface area contributed by atoms with E-state index in [1.807, 2.05) is 36.1 Å². The van der Waals surface area contributed by atoms with Crippen LogP contribution >= 0.6 is 0 Å². The second-order valence-electron chi connectivity index (χ2n) is 2.31. The molecule has 0 unspecified atom stereocenters. The first kappa shape index (κ1) is 6.93. The Balaban J connectivity index is 3.07. The standard InChI is InChI=1S/C8H10NO/c1-7(10)8-4-3-5-9(2)6-8/h3-6H,1-2H3/q+1. The van der Waals surface area contributed by atoms with Gasteiger partial charge in [-0.25, -0.2) is 4.57 Å². The largest absolute Gasteiger partial charge is 0.294 e. The monoisotopic (exact) mass is 136 g/mol. The van der Waals surface area contributed by atoms with Crippen LogP contribution in [0.2, 0.25) is 0 Å². The van der Waals surface area contributed by atoms with Crippen LogP contribution in [0.15, 0.2) is 24.5 Å². The molecular formula is C8H10NO+. The zero-order chi connectivity index (χ0) is 7.56. The van der Waals surface area contributed by atoms with Crippen LogP contribution in [0.4, 0.5) is 0 Å². The number of Topliss-reactive ketones (excluding diaryl/α,β-unsaturated/α-hetero) is 1. The summed E-state index contributed by atoms with van der Waals surface area (Å²) in [4.78, 5) is 10.8. The van der Waals surface area contributed by atoms with Crippen molar-refractivity contribution in [2.45, 2.75) is 6.92 Å². The van der Waals surface area contributed by atoms with Gasteiger partial charge in [0.1, 0.15) is 7.05 Å². The average Bonchev–Trinajstić information content (AvgIpc) is 1.88. The zero-order valence-corrected chi connectivity index (χ0v) is 6.16. The first-order valence-corrected chi connectivity index (χ1v) is 3.16. The lowest BCUT2D eigenvalue weighted by Gasteiger charge is -1.89. The highest BCUT2D eigenvalue weighted by Crippen LogP contribution is 1.93. The Morgan fingerprint density at radius 2 is 2.30 bits per heavy atom. The van der Waals surface area contributed by atoms with Crippen molar-refractivity contribution in [3.05, 3.63) is 30.1 Å². The molecule has 0 saturated carbocycles. The van der Waals surface area contributed by atoms with Gasteiger partial charge in [0.2, 0.25) is 0 Å². The van der Waals surface area contributed by atoms with Crippen LogP contribution in [0.5, 0.6) is 0 Å². The molecule has 52 valence electrons. The summed E-state index contributed by atoms with van der Waals surface area (Å²) in [5.74, 6) is 0.108. The minimum atomic E-state index is 0.108. The lowest BCUT2D eigenvalue weighted by molar-refractivity contribution is -0.671. The maximum atomic E-state index is 10.8. The highest BCUT2D eigenvalue weighted by molar-refractivity contribution is 5.93. The quantitative estimate of drug-likeness (QED) is 0.411. The highest BCUT2D eigenvalue weighted by atomic mass is 16.1. The van der Waals surface area contributed by atoms with Crippen LogP contribution in [0, 0.1) is 0 Å². The molecule has 1 aromatic heterocycles. The SMILES string of the molecule is CC(=O)c1ccc[n+](C)c1. The molecule has 0 aliphatic carbocycles. The Morgan fingerprint density at radius 1 is 1.60 bits per heavy atom. The molecule has 0 radical (unpaired) electrons. The van der Waals surface area contributed by atoms with Crippen molar-refractivity contribution in [1.29, 1.82) is 0 Å². The van der Waals surface area contributed by atoms with Crippen LogP contribution in [-0.4, -0.2) is 5.78 Å². The number of ketones is 1. The van der Waals surface area contributed by atoms with Gasteiger partial charge >= 0.3 is 0 Å². The van der Waals surface area contributed by atoms with Crippen molar-refractivity contribution < 1.29 is 9.36 Å². The van der Waals surface area contributed by atoms with Crippen LogP contribution in [0.25, 0.3) is 0 Å². The zero-order valence-electron chi connectivity index (χ0n) is 6.16. The van der Waals surface area contributed by atoms with E-state index < -0.39 is 0 Å². The fourth-order valence-electron chi connectivity index (χ4n) is 0.796. The maximum absolute atomic E-state index is 10.8. The van der Waals surface area contributed by atoms with E-state index >= 15 is 0 Å². The van der Waals surface area contributed by atoms with E-state index in [0.29, 0.717) is 0 Å². The topological polar surface area (TPSA) is 20.9 Å². The van der Waals surface area contributed by atoms with E-state index in [0.717, 1.165) is 5.56 Å². The lowest BCUT2D eigenvalue weighted by Crippen LogP contribution is -2.27. The number of aryl methyl sites for hydroxylation is 1. The summed E-state index contributed by atoms with van der Waals surface area (Å²) < 4.78 is 1.86. The first-order valence-electron chi connectivity index (χ1n) is 3.16. The third kappa shape index (κ3) is 1.41. The molecule has 0 fully saturated rings. The van der Waals surface area contributed by atoms with Crippen molar-refractivity contribution in [1.82, 2.24) is 0 Å². The molecule has 0 N–H and O–H groups in total. The number of nitrogens with zero attached hydrogens (tertiary/aromatic N) is 1. The third-order valence-corrected chi connectivity index (χ3v) is 1.35. The number of carbonyl (C=O) groups excluding carboxylic acids is 1. The molecule has 2 nitrogen and oxygen atoms in total. The number of hydrogen-bond acceptors (Lipinski definition) is 1. The molecule has 1 aromatic rings. The van der Waals surface area contributed by atoms with Crippen molar-refractivity contribution >= 4 is 5.78 Å². The number of rotatable bonds is 1. The Kier molecular flexibility index (Phi) is 1.81. The van der Waals surface area contributed by atoms with Crippen molar-refractivity contribution in [2.24, 2.45) is 7.05 Å².